The van der Waals surface area contributed by atoms with Gasteiger partial charge in [0, 0.05) is 30.0 Å². The monoisotopic (exact) mass is 286 g/mol. The second-order valence-electron chi connectivity index (χ2n) is 4.83. The molecule has 3 heterocycles. The van der Waals surface area contributed by atoms with Gasteiger partial charge in [-0.3, -0.25) is 4.98 Å². The zero-order valence-electron chi connectivity index (χ0n) is 11.1. The van der Waals surface area contributed by atoms with Crippen LogP contribution in [0, 0.1) is 0 Å². The third-order valence-corrected chi connectivity index (χ3v) is 3.48. The molecular weight excluding hydrogens is 272 g/mol. The first-order valence-electron chi connectivity index (χ1n) is 6.51. The molecule has 0 aliphatic rings. The highest BCUT2D eigenvalue weighted by atomic mass is 35.5. The van der Waals surface area contributed by atoms with Crippen LogP contribution in [0.15, 0.2) is 42.9 Å². The minimum absolute atomic E-state index is 0.258. The number of H-pyrrole nitrogens is 1. The van der Waals surface area contributed by atoms with Crippen molar-refractivity contribution in [3.8, 4) is 0 Å². The van der Waals surface area contributed by atoms with E-state index < -0.39 is 0 Å². The first kappa shape index (κ1) is 12.9. The average molecular weight is 287 g/mol. The summed E-state index contributed by atoms with van der Waals surface area (Å²) in [6.07, 6.45) is 6.36. The Morgan fingerprint density at radius 1 is 1.30 bits per heavy atom. The third-order valence-electron chi connectivity index (χ3n) is 3.16. The second kappa shape index (κ2) is 5.51. The van der Waals surface area contributed by atoms with Gasteiger partial charge in [-0.05, 0) is 43.2 Å². The van der Waals surface area contributed by atoms with Gasteiger partial charge in [0.1, 0.15) is 11.5 Å². The van der Waals surface area contributed by atoms with Gasteiger partial charge in [-0.1, -0.05) is 11.6 Å². The van der Waals surface area contributed by atoms with Gasteiger partial charge in [-0.25, -0.2) is 4.98 Å². The highest BCUT2D eigenvalue weighted by Gasteiger charge is 2.08. The van der Waals surface area contributed by atoms with Crippen LogP contribution in [-0.4, -0.2) is 21.0 Å². The Hall–Kier alpha value is -2.07. The second-order valence-corrected chi connectivity index (χ2v) is 5.24. The van der Waals surface area contributed by atoms with Crippen LogP contribution in [0.3, 0.4) is 0 Å². The molecule has 3 aromatic heterocycles. The maximum Gasteiger partial charge on any atom is 0.141 e. The quantitative estimate of drug-likeness (QED) is 0.770. The first-order valence-corrected chi connectivity index (χ1v) is 6.89. The van der Waals surface area contributed by atoms with Crippen LogP contribution in [0.25, 0.3) is 11.0 Å². The Morgan fingerprint density at radius 2 is 2.10 bits per heavy atom. The molecule has 0 fully saturated rings. The van der Waals surface area contributed by atoms with E-state index >= 15 is 0 Å². The van der Waals surface area contributed by atoms with Crippen molar-refractivity contribution in [2.24, 2.45) is 0 Å². The number of anilines is 1. The number of hydrogen-bond donors (Lipinski definition) is 2. The predicted octanol–water partition coefficient (Wildman–Crippen LogP) is 3.65. The van der Waals surface area contributed by atoms with E-state index in [0.29, 0.717) is 5.02 Å². The molecule has 5 heteroatoms. The Labute approximate surface area is 122 Å². The Morgan fingerprint density at radius 3 is 2.90 bits per heavy atom. The van der Waals surface area contributed by atoms with E-state index in [9.17, 15) is 0 Å². The van der Waals surface area contributed by atoms with Gasteiger partial charge >= 0.3 is 0 Å². The fraction of sp³-hybridized carbons (Fsp3) is 0.200. The lowest BCUT2D eigenvalue weighted by atomic mass is 10.1. The summed E-state index contributed by atoms with van der Waals surface area (Å²) >= 11 is 6.24. The van der Waals surface area contributed by atoms with Crippen LogP contribution in [0.5, 0.6) is 0 Å². The number of pyridine rings is 2. The molecule has 0 radical (unpaired) electrons. The summed E-state index contributed by atoms with van der Waals surface area (Å²) < 4.78 is 0. The smallest absolute Gasteiger partial charge is 0.141 e. The van der Waals surface area contributed by atoms with Crippen molar-refractivity contribution in [2.45, 2.75) is 19.4 Å². The van der Waals surface area contributed by atoms with Crippen LogP contribution >= 0.6 is 11.6 Å². The maximum atomic E-state index is 6.24. The van der Waals surface area contributed by atoms with Crippen molar-refractivity contribution in [1.82, 2.24) is 15.0 Å². The fourth-order valence-electron chi connectivity index (χ4n) is 2.25. The van der Waals surface area contributed by atoms with Crippen LogP contribution in [0.4, 0.5) is 5.82 Å². The van der Waals surface area contributed by atoms with Crippen molar-refractivity contribution in [3.63, 3.8) is 0 Å². The van der Waals surface area contributed by atoms with Crippen molar-refractivity contribution in [3.05, 3.63) is 53.4 Å². The van der Waals surface area contributed by atoms with Crippen molar-refractivity contribution >= 4 is 28.5 Å². The summed E-state index contributed by atoms with van der Waals surface area (Å²) in [6.45, 7) is 2.12. The zero-order valence-corrected chi connectivity index (χ0v) is 11.9. The van der Waals surface area contributed by atoms with E-state index in [1.54, 1.807) is 0 Å². The molecule has 0 unspecified atom stereocenters. The molecule has 0 saturated heterocycles. The molecule has 20 heavy (non-hydrogen) atoms. The molecule has 0 aromatic carbocycles. The lowest BCUT2D eigenvalue weighted by molar-refractivity contribution is 0.784. The summed E-state index contributed by atoms with van der Waals surface area (Å²) in [5.74, 6) is 0.784. The number of rotatable bonds is 4. The summed E-state index contributed by atoms with van der Waals surface area (Å²) in [7, 11) is 0. The maximum absolute atomic E-state index is 6.24. The Bertz CT molecular complexity index is 708. The van der Waals surface area contributed by atoms with Gasteiger partial charge in [0.2, 0.25) is 0 Å². The van der Waals surface area contributed by atoms with Crippen molar-refractivity contribution in [2.75, 3.05) is 5.32 Å². The number of aromatic amines is 1. The SMILES string of the molecule is C[C@@H](Cc1ccncc1)Nc1cc(Cl)c2cc[nH]c2n1. The van der Waals surface area contributed by atoms with E-state index in [-0.39, 0.29) is 6.04 Å². The average Bonchev–Trinajstić information content (AvgIpc) is 2.88. The first-order chi connectivity index (χ1) is 9.72. The number of hydrogen-bond acceptors (Lipinski definition) is 3. The minimum Gasteiger partial charge on any atom is -0.367 e. The van der Waals surface area contributed by atoms with Gasteiger partial charge in [0.25, 0.3) is 0 Å². The molecular formula is C15H15ClN4. The summed E-state index contributed by atoms with van der Waals surface area (Å²) in [6, 6.07) is 8.09. The topological polar surface area (TPSA) is 53.6 Å². The van der Waals surface area contributed by atoms with E-state index in [1.807, 2.05) is 42.9 Å². The standard InChI is InChI=1S/C15H15ClN4/c1-10(8-11-2-5-17-6-3-11)19-14-9-13(16)12-4-7-18-15(12)20-14/h2-7,9-10H,8H2,1H3,(H2,18,19,20)/t10-/m0/s1. The number of aromatic nitrogens is 3. The normalized spacial score (nSPS) is 12.5. The van der Waals surface area contributed by atoms with Gasteiger partial charge in [0.15, 0.2) is 0 Å². The number of halogens is 1. The lowest BCUT2D eigenvalue weighted by Crippen LogP contribution is -2.18. The van der Waals surface area contributed by atoms with Gasteiger partial charge in [-0.2, -0.15) is 0 Å². The van der Waals surface area contributed by atoms with Gasteiger partial charge in [-0.15, -0.1) is 0 Å². The predicted molar refractivity (Wildman–Crippen MR) is 82.1 cm³/mol. The lowest BCUT2D eigenvalue weighted by Gasteiger charge is -2.14. The Balaban J connectivity index is 1.75. The minimum atomic E-state index is 0.258. The number of nitrogens with zero attached hydrogens (tertiary/aromatic N) is 2. The van der Waals surface area contributed by atoms with Crippen LogP contribution in [0.1, 0.15) is 12.5 Å². The highest BCUT2D eigenvalue weighted by molar-refractivity contribution is 6.35. The molecule has 3 aromatic rings. The fourth-order valence-corrected chi connectivity index (χ4v) is 2.50. The Kier molecular flexibility index (Phi) is 3.56. The van der Waals surface area contributed by atoms with Crippen LogP contribution < -0.4 is 5.32 Å². The van der Waals surface area contributed by atoms with Gasteiger partial charge in [0.05, 0.1) is 5.02 Å². The molecule has 2 N–H and O–H groups in total. The molecule has 0 aliphatic carbocycles. The molecule has 3 rings (SSSR count). The highest BCUT2D eigenvalue weighted by Crippen LogP contribution is 2.24. The summed E-state index contributed by atoms with van der Waals surface area (Å²) in [4.78, 5) is 11.6. The van der Waals surface area contributed by atoms with Crippen molar-refractivity contribution < 1.29 is 0 Å². The van der Waals surface area contributed by atoms with E-state index in [0.717, 1.165) is 23.3 Å². The molecule has 0 amide bonds. The molecule has 0 aliphatic heterocycles. The van der Waals surface area contributed by atoms with Crippen LogP contribution in [-0.2, 0) is 6.42 Å². The molecule has 4 nitrogen and oxygen atoms in total. The number of nitrogens with one attached hydrogen (secondary N) is 2. The summed E-state index contributed by atoms with van der Waals surface area (Å²) in [5, 5.41) is 5.02. The third kappa shape index (κ3) is 2.75. The van der Waals surface area contributed by atoms with Gasteiger partial charge < -0.3 is 10.3 Å². The largest absolute Gasteiger partial charge is 0.367 e. The molecule has 102 valence electrons. The molecule has 0 saturated carbocycles. The van der Waals surface area contributed by atoms with E-state index in [4.69, 9.17) is 11.6 Å². The summed E-state index contributed by atoms with van der Waals surface area (Å²) in [5.41, 5.74) is 2.04. The van der Waals surface area contributed by atoms with E-state index in [2.05, 4.69) is 27.2 Å². The zero-order chi connectivity index (χ0) is 13.9. The molecule has 0 spiro atoms. The molecule has 0 bridgehead atoms. The molecule has 1 atom stereocenters. The number of fused-ring (bicyclic) bond motifs is 1. The van der Waals surface area contributed by atoms with Crippen molar-refractivity contribution in [1.29, 1.82) is 0 Å². The van der Waals surface area contributed by atoms with E-state index in [1.165, 1.54) is 5.56 Å². The van der Waals surface area contributed by atoms with Crippen LogP contribution in [0.2, 0.25) is 5.02 Å².